The van der Waals surface area contributed by atoms with Gasteiger partial charge in [-0.2, -0.15) is 0 Å². The Morgan fingerprint density at radius 1 is 0.971 bits per heavy atom. The van der Waals surface area contributed by atoms with Crippen molar-refractivity contribution in [2.75, 3.05) is 32.9 Å². The molecule has 2 heterocycles. The van der Waals surface area contributed by atoms with Gasteiger partial charge in [0.15, 0.2) is 0 Å². The van der Waals surface area contributed by atoms with Crippen molar-refractivity contribution in [1.82, 2.24) is 10.2 Å². The summed E-state index contributed by atoms with van der Waals surface area (Å²) in [7, 11) is 0. The van der Waals surface area contributed by atoms with Crippen LogP contribution in [0, 0.1) is 23.7 Å². The highest BCUT2D eigenvalue weighted by atomic mass is 16.5. The predicted octanol–water partition coefficient (Wildman–Crippen LogP) is 2.33. The molecule has 4 aliphatic rings. The van der Waals surface area contributed by atoms with Crippen LogP contribution in [-0.4, -0.2) is 66.9 Å². The molecule has 6 rings (SSSR count). The van der Waals surface area contributed by atoms with Crippen LogP contribution in [0.1, 0.15) is 17.0 Å². The molecule has 2 N–H and O–H groups in total. The third kappa shape index (κ3) is 3.44. The molecule has 0 aromatic heterocycles. The molecule has 3 unspecified atom stereocenters. The molecule has 34 heavy (non-hydrogen) atoms. The van der Waals surface area contributed by atoms with Crippen molar-refractivity contribution in [2.24, 2.45) is 23.7 Å². The van der Waals surface area contributed by atoms with E-state index in [0.717, 1.165) is 22.3 Å². The summed E-state index contributed by atoms with van der Waals surface area (Å²) < 4.78 is 11.1. The maximum absolute atomic E-state index is 13.0. The van der Waals surface area contributed by atoms with Gasteiger partial charge in [0.05, 0.1) is 31.1 Å². The van der Waals surface area contributed by atoms with Crippen molar-refractivity contribution < 1.29 is 29.0 Å². The summed E-state index contributed by atoms with van der Waals surface area (Å²) in [5, 5.41) is 12.0. The maximum Gasteiger partial charge on any atom is 0.407 e. The third-order valence-corrected chi connectivity index (χ3v) is 7.84. The van der Waals surface area contributed by atoms with Gasteiger partial charge in [-0.1, -0.05) is 48.5 Å². The van der Waals surface area contributed by atoms with E-state index in [2.05, 4.69) is 29.6 Å². The summed E-state index contributed by atoms with van der Waals surface area (Å²) >= 11 is 0. The molecular formula is C26H26N2O6. The van der Waals surface area contributed by atoms with Crippen LogP contribution in [0.3, 0.4) is 0 Å². The molecule has 1 saturated carbocycles. The second-order valence-electron chi connectivity index (χ2n) is 9.66. The molecule has 2 amide bonds. The van der Waals surface area contributed by atoms with Crippen LogP contribution in [0.4, 0.5) is 4.79 Å². The molecule has 0 spiro atoms. The average molecular weight is 463 g/mol. The van der Waals surface area contributed by atoms with E-state index in [1.807, 2.05) is 24.3 Å². The Morgan fingerprint density at radius 3 is 2.21 bits per heavy atom. The first-order chi connectivity index (χ1) is 16.5. The van der Waals surface area contributed by atoms with Gasteiger partial charge in [0.25, 0.3) is 0 Å². The van der Waals surface area contributed by atoms with Gasteiger partial charge in [-0.3, -0.25) is 9.59 Å². The van der Waals surface area contributed by atoms with Crippen molar-refractivity contribution in [1.29, 1.82) is 0 Å². The smallest absolute Gasteiger partial charge is 0.407 e. The standard InChI is InChI=1S/C26H26N2O6/c29-24(28-9-18-19(10-28)23(18)25(30)31)21-11-33-13-22(21)27-26(32)34-12-20-16-7-3-1-5-14(16)15-6-2-4-8-17(15)20/h1-8,18-23H,9-13H2,(H,27,32)(H,30,31)/t18-,19+,21?,22?,23?. The molecule has 2 aliphatic carbocycles. The van der Waals surface area contributed by atoms with E-state index >= 15 is 0 Å². The highest BCUT2D eigenvalue weighted by Gasteiger charge is 2.61. The molecule has 8 nitrogen and oxygen atoms in total. The van der Waals surface area contributed by atoms with Crippen molar-refractivity contribution in [3.8, 4) is 11.1 Å². The number of amides is 2. The zero-order valence-corrected chi connectivity index (χ0v) is 18.6. The van der Waals surface area contributed by atoms with Crippen LogP contribution in [0.2, 0.25) is 0 Å². The van der Waals surface area contributed by atoms with E-state index in [1.165, 1.54) is 0 Å². The number of carboxylic acid groups (broad SMARTS) is 1. The molecule has 2 aromatic carbocycles. The number of likely N-dealkylation sites (tertiary alicyclic amines) is 1. The first kappa shape index (κ1) is 21.2. The monoisotopic (exact) mass is 462 g/mol. The molecule has 2 aliphatic heterocycles. The topological polar surface area (TPSA) is 105 Å². The summed E-state index contributed by atoms with van der Waals surface area (Å²) in [4.78, 5) is 38.6. The third-order valence-electron chi connectivity index (χ3n) is 7.84. The molecule has 0 bridgehead atoms. The van der Waals surface area contributed by atoms with Crippen LogP contribution in [-0.2, 0) is 19.1 Å². The Bertz CT molecular complexity index is 1110. The largest absolute Gasteiger partial charge is 0.481 e. The van der Waals surface area contributed by atoms with E-state index in [-0.39, 0.29) is 49.4 Å². The van der Waals surface area contributed by atoms with Gasteiger partial charge < -0.3 is 24.8 Å². The number of benzene rings is 2. The fourth-order valence-electron chi connectivity index (χ4n) is 6.04. The Hall–Kier alpha value is -3.39. The van der Waals surface area contributed by atoms with Crippen molar-refractivity contribution in [3.05, 3.63) is 59.7 Å². The fourth-order valence-corrected chi connectivity index (χ4v) is 6.04. The van der Waals surface area contributed by atoms with Gasteiger partial charge in [0, 0.05) is 19.0 Å². The SMILES string of the molecule is O=C(NC1COCC1C(=O)N1C[C@@H]2C(C(=O)O)[C@@H]2C1)OCC1c2ccccc2-c2ccccc21. The number of nitrogens with zero attached hydrogens (tertiary/aromatic N) is 1. The van der Waals surface area contributed by atoms with Crippen LogP contribution >= 0.6 is 0 Å². The number of hydrogen-bond donors (Lipinski definition) is 2. The minimum Gasteiger partial charge on any atom is -0.481 e. The number of rotatable bonds is 5. The summed E-state index contributed by atoms with van der Waals surface area (Å²) in [5.74, 6) is -1.60. The second-order valence-corrected chi connectivity index (χ2v) is 9.66. The van der Waals surface area contributed by atoms with Gasteiger partial charge in [0.1, 0.15) is 6.61 Å². The number of aliphatic carboxylic acids is 1. The van der Waals surface area contributed by atoms with Crippen LogP contribution in [0.25, 0.3) is 11.1 Å². The Kier molecular flexibility index (Phi) is 5.06. The Balaban J connectivity index is 1.06. The Labute approximate surface area is 196 Å². The van der Waals surface area contributed by atoms with E-state index in [1.54, 1.807) is 4.90 Å². The highest BCUT2D eigenvalue weighted by molar-refractivity contribution is 5.83. The molecule has 8 heteroatoms. The number of alkyl carbamates (subject to hydrolysis) is 1. The highest BCUT2D eigenvalue weighted by Crippen LogP contribution is 2.52. The van der Waals surface area contributed by atoms with Crippen LogP contribution in [0.5, 0.6) is 0 Å². The van der Waals surface area contributed by atoms with Crippen molar-refractivity contribution >= 4 is 18.0 Å². The first-order valence-corrected chi connectivity index (χ1v) is 11.7. The van der Waals surface area contributed by atoms with E-state index < -0.39 is 24.0 Å². The molecule has 2 aromatic rings. The summed E-state index contributed by atoms with van der Waals surface area (Å²) in [6.45, 7) is 1.63. The lowest BCUT2D eigenvalue weighted by atomic mass is 9.98. The lowest BCUT2D eigenvalue weighted by Crippen LogP contribution is -2.48. The molecule has 5 atom stereocenters. The lowest BCUT2D eigenvalue weighted by Gasteiger charge is -2.25. The number of fused-ring (bicyclic) bond motifs is 4. The molecule has 2 saturated heterocycles. The first-order valence-electron chi connectivity index (χ1n) is 11.7. The summed E-state index contributed by atoms with van der Waals surface area (Å²) in [5.41, 5.74) is 4.61. The second kappa shape index (κ2) is 8.13. The Morgan fingerprint density at radius 2 is 1.59 bits per heavy atom. The number of piperidine rings is 1. The van der Waals surface area contributed by atoms with Crippen molar-refractivity contribution in [2.45, 2.75) is 12.0 Å². The van der Waals surface area contributed by atoms with Gasteiger partial charge in [0.2, 0.25) is 5.91 Å². The summed E-state index contributed by atoms with van der Waals surface area (Å²) in [6, 6.07) is 15.8. The summed E-state index contributed by atoms with van der Waals surface area (Å²) in [6.07, 6.45) is -0.564. The van der Waals surface area contributed by atoms with E-state index in [9.17, 15) is 19.5 Å². The number of nitrogens with one attached hydrogen (secondary N) is 1. The zero-order valence-electron chi connectivity index (χ0n) is 18.6. The van der Waals surface area contributed by atoms with Crippen LogP contribution in [0.15, 0.2) is 48.5 Å². The van der Waals surface area contributed by atoms with Gasteiger partial charge in [-0.05, 0) is 34.1 Å². The van der Waals surface area contributed by atoms with E-state index in [0.29, 0.717) is 13.1 Å². The maximum atomic E-state index is 13.0. The van der Waals surface area contributed by atoms with Crippen LogP contribution < -0.4 is 5.32 Å². The number of hydrogen-bond acceptors (Lipinski definition) is 5. The fraction of sp³-hybridized carbons (Fsp3) is 0.423. The number of carbonyl (C=O) groups is 3. The molecule has 176 valence electrons. The number of carbonyl (C=O) groups excluding carboxylic acids is 2. The van der Waals surface area contributed by atoms with Gasteiger partial charge in [-0.15, -0.1) is 0 Å². The molecular weight excluding hydrogens is 436 g/mol. The van der Waals surface area contributed by atoms with Crippen molar-refractivity contribution in [3.63, 3.8) is 0 Å². The van der Waals surface area contributed by atoms with Gasteiger partial charge >= 0.3 is 12.1 Å². The minimum atomic E-state index is -0.777. The zero-order chi connectivity index (χ0) is 23.4. The number of carboxylic acids is 1. The normalized spacial score (nSPS) is 28.7. The quantitative estimate of drug-likeness (QED) is 0.707. The lowest BCUT2D eigenvalue weighted by molar-refractivity contribution is -0.142. The van der Waals surface area contributed by atoms with E-state index in [4.69, 9.17) is 9.47 Å². The average Bonchev–Trinajstić information content (AvgIpc) is 3.19. The van der Waals surface area contributed by atoms with Gasteiger partial charge in [-0.25, -0.2) is 4.79 Å². The number of ether oxygens (including phenoxy) is 2. The molecule has 3 fully saturated rings. The predicted molar refractivity (Wildman–Crippen MR) is 121 cm³/mol. The minimum absolute atomic E-state index is 0.0334. The molecule has 0 radical (unpaired) electrons.